The molecule has 0 radical (unpaired) electrons. The summed E-state index contributed by atoms with van der Waals surface area (Å²) in [6.07, 6.45) is 3.48. The van der Waals surface area contributed by atoms with Gasteiger partial charge in [-0.2, -0.15) is 0 Å². The second kappa shape index (κ2) is 4.41. The van der Waals surface area contributed by atoms with Crippen molar-refractivity contribution < 1.29 is 4.79 Å². The zero-order chi connectivity index (χ0) is 8.10. The molecule has 2 N–H and O–H groups in total. The summed E-state index contributed by atoms with van der Waals surface area (Å²) in [7, 11) is 0. The first-order valence-electron chi connectivity index (χ1n) is 3.53. The zero-order valence-corrected chi connectivity index (χ0v) is 7.28. The Balaban J connectivity index is 2.14. The Hall–Kier alpha value is -0.480. The van der Waals surface area contributed by atoms with E-state index in [0.717, 1.165) is 13.1 Å². The molecule has 3 nitrogen and oxygen atoms in total. The van der Waals surface area contributed by atoms with Crippen LogP contribution in [-0.2, 0) is 4.79 Å². The highest BCUT2D eigenvalue weighted by Crippen LogP contribution is 1.94. The van der Waals surface area contributed by atoms with Crippen LogP contribution in [0.2, 0.25) is 0 Å². The predicted molar refractivity (Wildman–Crippen MR) is 47.5 cm³/mol. The average Bonchev–Trinajstić information content (AvgIpc) is 1.93. The normalized spacial score (nSPS) is 18.3. The highest BCUT2D eigenvalue weighted by molar-refractivity contribution is 8.01. The van der Waals surface area contributed by atoms with Gasteiger partial charge in [0.1, 0.15) is 0 Å². The number of thioether (sulfide) groups is 1. The third-order valence-corrected chi connectivity index (χ3v) is 1.89. The fourth-order valence-electron chi connectivity index (χ4n) is 0.770. The molecule has 1 amide bonds. The molecule has 0 saturated carbocycles. The Morgan fingerprint density at radius 3 is 2.91 bits per heavy atom. The molecule has 0 atom stereocenters. The van der Waals surface area contributed by atoms with E-state index in [1.54, 1.807) is 11.5 Å². The van der Waals surface area contributed by atoms with Crippen LogP contribution in [0, 0.1) is 0 Å². The number of rotatable bonds is 3. The van der Waals surface area contributed by atoms with Gasteiger partial charge in [-0.3, -0.25) is 4.79 Å². The van der Waals surface area contributed by atoms with Gasteiger partial charge in [0.25, 0.3) is 0 Å². The number of carbonyl (C=O) groups excluding carboxylic acids is 1. The van der Waals surface area contributed by atoms with E-state index in [9.17, 15) is 4.79 Å². The van der Waals surface area contributed by atoms with Crippen LogP contribution in [0.15, 0.2) is 11.5 Å². The van der Waals surface area contributed by atoms with Gasteiger partial charge in [-0.15, -0.1) is 11.8 Å². The SMILES string of the molecule is CS/C=C/C(=O)NC1CNC1. The van der Waals surface area contributed by atoms with Gasteiger partial charge in [0.05, 0.1) is 6.04 Å². The summed E-state index contributed by atoms with van der Waals surface area (Å²) in [5.74, 6) is 0.00542. The van der Waals surface area contributed by atoms with Crippen molar-refractivity contribution in [2.45, 2.75) is 6.04 Å². The first-order chi connectivity index (χ1) is 5.33. The van der Waals surface area contributed by atoms with Gasteiger partial charge in [0.2, 0.25) is 5.91 Å². The van der Waals surface area contributed by atoms with Crippen molar-refractivity contribution in [3.8, 4) is 0 Å². The van der Waals surface area contributed by atoms with E-state index in [1.807, 2.05) is 6.26 Å². The van der Waals surface area contributed by atoms with Gasteiger partial charge in [0, 0.05) is 19.2 Å². The summed E-state index contributed by atoms with van der Waals surface area (Å²) < 4.78 is 0. The summed E-state index contributed by atoms with van der Waals surface area (Å²) in [6.45, 7) is 1.80. The highest BCUT2D eigenvalue weighted by atomic mass is 32.2. The van der Waals surface area contributed by atoms with Crippen molar-refractivity contribution in [2.75, 3.05) is 19.3 Å². The molecule has 0 aromatic heterocycles. The minimum Gasteiger partial charge on any atom is -0.347 e. The number of hydrogen-bond donors (Lipinski definition) is 2. The van der Waals surface area contributed by atoms with E-state index in [2.05, 4.69) is 10.6 Å². The molecule has 1 aliphatic rings. The lowest BCUT2D eigenvalue weighted by Crippen LogP contribution is -2.56. The number of hydrogen-bond acceptors (Lipinski definition) is 3. The van der Waals surface area contributed by atoms with Crippen LogP contribution in [-0.4, -0.2) is 31.3 Å². The molecule has 1 aliphatic heterocycles. The van der Waals surface area contributed by atoms with Crippen LogP contribution in [0.1, 0.15) is 0 Å². The van der Waals surface area contributed by atoms with Crippen molar-refractivity contribution in [3.05, 3.63) is 11.5 Å². The predicted octanol–water partition coefficient (Wildman–Crippen LogP) is -0.0489. The Kier molecular flexibility index (Phi) is 3.45. The van der Waals surface area contributed by atoms with Crippen molar-refractivity contribution >= 4 is 17.7 Å². The van der Waals surface area contributed by atoms with Gasteiger partial charge in [-0.05, 0) is 11.7 Å². The average molecular weight is 172 g/mol. The molecule has 1 rings (SSSR count). The number of carbonyl (C=O) groups is 1. The van der Waals surface area contributed by atoms with Crippen LogP contribution in [0.4, 0.5) is 0 Å². The van der Waals surface area contributed by atoms with E-state index >= 15 is 0 Å². The first-order valence-corrected chi connectivity index (χ1v) is 4.82. The van der Waals surface area contributed by atoms with Gasteiger partial charge in [-0.25, -0.2) is 0 Å². The fraction of sp³-hybridized carbons (Fsp3) is 0.571. The lowest BCUT2D eigenvalue weighted by molar-refractivity contribution is -0.117. The maximum Gasteiger partial charge on any atom is 0.244 e. The van der Waals surface area contributed by atoms with E-state index in [4.69, 9.17) is 0 Å². The lowest BCUT2D eigenvalue weighted by Gasteiger charge is -2.27. The van der Waals surface area contributed by atoms with E-state index < -0.39 is 0 Å². The molecule has 11 heavy (non-hydrogen) atoms. The smallest absolute Gasteiger partial charge is 0.244 e. The Morgan fingerprint density at radius 2 is 2.45 bits per heavy atom. The molecule has 0 aromatic carbocycles. The van der Waals surface area contributed by atoms with Crippen LogP contribution in [0.5, 0.6) is 0 Å². The summed E-state index contributed by atoms with van der Waals surface area (Å²) in [4.78, 5) is 11.0. The maximum absolute atomic E-state index is 11.0. The maximum atomic E-state index is 11.0. The molecule has 0 bridgehead atoms. The van der Waals surface area contributed by atoms with Crippen LogP contribution >= 0.6 is 11.8 Å². The van der Waals surface area contributed by atoms with E-state index in [1.165, 1.54) is 11.8 Å². The summed E-state index contributed by atoms with van der Waals surface area (Å²) in [6, 6.07) is 0.342. The van der Waals surface area contributed by atoms with Gasteiger partial charge < -0.3 is 10.6 Å². The van der Waals surface area contributed by atoms with Crippen molar-refractivity contribution in [1.82, 2.24) is 10.6 Å². The summed E-state index contributed by atoms with van der Waals surface area (Å²) >= 11 is 1.53. The Morgan fingerprint density at radius 1 is 1.73 bits per heavy atom. The summed E-state index contributed by atoms with van der Waals surface area (Å²) in [5.41, 5.74) is 0. The topological polar surface area (TPSA) is 41.1 Å². The zero-order valence-electron chi connectivity index (χ0n) is 6.46. The molecule has 4 heteroatoms. The molecule has 0 spiro atoms. The standard InChI is InChI=1S/C7H12N2OS/c1-11-3-2-7(10)9-6-4-8-5-6/h2-3,6,8H,4-5H2,1H3,(H,9,10)/b3-2+. The molecule has 0 unspecified atom stereocenters. The highest BCUT2D eigenvalue weighted by Gasteiger charge is 2.16. The molecule has 0 aromatic rings. The third kappa shape index (κ3) is 2.95. The number of amides is 1. The molecule has 1 heterocycles. The molecule has 62 valence electrons. The van der Waals surface area contributed by atoms with E-state index in [-0.39, 0.29) is 5.91 Å². The second-order valence-corrected chi connectivity index (χ2v) is 3.15. The van der Waals surface area contributed by atoms with Gasteiger partial charge in [0.15, 0.2) is 0 Å². The van der Waals surface area contributed by atoms with Gasteiger partial charge in [-0.1, -0.05) is 0 Å². The second-order valence-electron chi connectivity index (χ2n) is 2.40. The van der Waals surface area contributed by atoms with Crippen LogP contribution in [0.3, 0.4) is 0 Å². The molecular formula is C7H12N2OS. The molecule has 1 saturated heterocycles. The third-order valence-electron chi connectivity index (χ3n) is 1.48. The van der Waals surface area contributed by atoms with E-state index in [0.29, 0.717) is 6.04 Å². The van der Waals surface area contributed by atoms with Crippen LogP contribution < -0.4 is 10.6 Å². The quantitative estimate of drug-likeness (QED) is 0.586. The van der Waals surface area contributed by atoms with Crippen molar-refractivity contribution in [2.24, 2.45) is 0 Å². The van der Waals surface area contributed by atoms with Crippen molar-refractivity contribution in [3.63, 3.8) is 0 Å². The minimum atomic E-state index is 0.00542. The largest absolute Gasteiger partial charge is 0.347 e. The molecule has 1 fully saturated rings. The fourth-order valence-corrected chi connectivity index (χ4v) is 1.03. The Bertz CT molecular complexity index is 166. The van der Waals surface area contributed by atoms with Gasteiger partial charge >= 0.3 is 0 Å². The molecule has 0 aliphatic carbocycles. The summed E-state index contributed by atoms with van der Waals surface area (Å²) in [5, 5.41) is 7.71. The first kappa shape index (κ1) is 8.62. The number of nitrogens with one attached hydrogen (secondary N) is 2. The van der Waals surface area contributed by atoms with Crippen molar-refractivity contribution in [1.29, 1.82) is 0 Å². The Labute approximate surface area is 70.6 Å². The minimum absolute atomic E-state index is 0.00542. The lowest BCUT2D eigenvalue weighted by atomic mass is 10.2. The molecular weight excluding hydrogens is 160 g/mol. The van der Waals surface area contributed by atoms with Crippen LogP contribution in [0.25, 0.3) is 0 Å². The monoisotopic (exact) mass is 172 g/mol.